The lowest BCUT2D eigenvalue weighted by Gasteiger charge is -2.46. The molecule has 190 valence electrons. The molecule has 4 N–H and O–H groups in total. The number of thioether (sulfide) groups is 1. The zero-order chi connectivity index (χ0) is 24.9. The minimum atomic E-state index is -1.13. The molecule has 34 heavy (non-hydrogen) atoms. The highest BCUT2D eigenvalue weighted by Gasteiger charge is 2.60. The van der Waals surface area contributed by atoms with E-state index in [1.807, 2.05) is 11.8 Å². The lowest BCUT2D eigenvalue weighted by molar-refractivity contribution is -0.913. The Balaban J connectivity index is 1.39. The zero-order valence-electron chi connectivity index (χ0n) is 20.3. The van der Waals surface area contributed by atoms with Gasteiger partial charge in [0.2, 0.25) is 11.8 Å². The van der Waals surface area contributed by atoms with Gasteiger partial charge in [0.25, 0.3) is 0 Å². The van der Waals surface area contributed by atoms with Crippen molar-refractivity contribution in [1.29, 1.82) is 0 Å². The number of aliphatic hydroxyl groups excluding tert-OH is 2. The van der Waals surface area contributed by atoms with Crippen LogP contribution in [-0.2, 0) is 14.4 Å². The van der Waals surface area contributed by atoms with Crippen LogP contribution in [0.25, 0.3) is 0 Å². The third kappa shape index (κ3) is 4.26. The number of likely N-dealkylation sites (N-methyl/N-ethyl adjacent to an activating group) is 1. The van der Waals surface area contributed by atoms with Crippen LogP contribution in [0.4, 0.5) is 0 Å². The van der Waals surface area contributed by atoms with Gasteiger partial charge in [0.15, 0.2) is 0 Å². The molecule has 4 aliphatic heterocycles. The Hall–Kier alpha value is -1.66. The van der Waals surface area contributed by atoms with Crippen LogP contribution in [0.15, 0.2) is 10.6 Å². The number of nitrogens with zero attached hydrogens (tertiary/aromatic N) is 3. The summed E-state index contributed by atoms with van der Waals surface area (Å²) in [7, 11) is 4.17. The number of carboxylic acid groups (broad SMARTS) is 1. The van der Waals surface area contributed by atoms with E-state index in [4.69, 9.17) is 0 Å². The highest BCUT2D eigenvalue weighted by molar-refractivity contribution is 8.03. The highest BCUT2D eigenvalue weighted by Crippen LogP contribution is 2.51. The summed E-state index contributed by atoms with van der Waals surface area (Å²) in [4.78, 5) is 41.7. The molecule has 4 rings (SSSR count). The quantitative estimate of drug-likeness (QED) is 0.255. The fourth-order valence-electron chi connectivity index (χ4n) is 6.01. The second kappa shape index (κ2) is 9.42. The highest BCUT2D eigenvalue weighted by atomic mass is 32.2. The molecule has 11 heteroatoms. The number of rotatable bonds is 8. The third-order valence-corrected chi connectivity index (χ3v) is 9.64. The summed E-state index contributed by atoms with van der Waals surface area (Å²) < 4.78 is 0.685. The molecule has 3 saturated heterocycles. The van der Waals surface area contributed by atoms with Crippen molar-refractivity contribution in [3.63, 3.8) is 0 Å². The molecule has 3 fully saturated rings. The Morgan fingerprint density at radius 1 is 1.32 bits per heavy atom. The Kier molecular flexibility index (Phi) is 7.05. The molecule has 0 radical (unpaired) electrons. The van der Waals surface area contributed by atoms with E-state index in [-0.39, 0.29) is 47.4 Å². The molecule has 0 aromatic carbocycles. The van der Waals surface area contributed by atoms with Gasteiger partial charge < -0.3 is 34.9 Å². The number of carboxylic acids is 1. The fraction of sp³-hybridized carbons (Fsp3) is 0.783. The number of carbonyl (C=O) groups excluding carboxylic acids is 2. The summed E-state index contributed by atoms with van der Waals surface area (Å²) in [6, 6.07) is -0.330. The first-order chi connectivity index (χ1) is 16.0. The van der Waals surface area contributed by atoms with Crippen molar-refractivity contribution in [2.24, 2.45) is 11.8 Å². The van der Waals surface area contributed by atoms with Crippen molar-refractivity contribution in [3.05, 3.63) is 10.6 Å². The van der Waals surface area contributed by atoms with Crippen molar-refractivity contribution in [2.75, 3.05) is 46.9 Å². The summed E-state index contributed by atoms with van der Waals surface area (Å²) in [6.07, 6.45) is 0.684. The molecular formula is C23H37N4O6S+. The van der Waals surface area contributed by atoms with Crippen molar-refractivity contribution < 1.29 is 34.2 Å². The van der Waals surface area contributed by atoms with Gasteiger partial charge in [-0.25, -0.2) is 4.79 Å². The van der Waals surface area contributed by atoms with Crippen LogP contribution < -0.4 is 5.32 Å². The minimum absolute atomic E-state index is 0.0274. The maximum Gasteiger partial charge on any atom is 0.353 e. The number of quaternary nitrogens is 1. The van der Waals surface area contributed by atoms with Gasteiger partial charge in [-0.2, -0.15) is 0 Å². The molecule has 0 bridgehead atoms. The number of nitrogens with one attached hydrogen (secondary N) is 1. The van der Waals surface area contributed by atoms with Crippen molar-refractivity contribution in [3.8, 4) is 0 Å². The number of β-lactam (4-membered cyclic amide) rings is 1. The second-order valence-electron chi connectivity index (χ2n) is 10.7. The van der Waals surface area contributed by atoms with Gasteiger partial charge in [-0.1, -0.05) is 6.92 Å². The Bertz CT molecular complexity index is 893. The molecule has 2 amide bonds. The van der Waals surface area contributed by atoms with Crippen LogP contribution in [0.5, 0.6) is 0 Å². The molecular weight excluding hydrogens is 460 g/mol. The van der Waals surface area contributed by atoms with E-state index in [1.54, 1.807) is 6.92 Å². The third-order valence-electron chi connectivity index (χ3n) is 8.13. The van der Waals surface area contributed by atoms with Crippen LogP contribution in [0.1, 0.15) is 26.7 Å². The van der Waals surface area contributed by atoms with Crippen LogP contribution in [0.3, 0.4) is 0 Å². The van der Waals surface area contributed by atoms with Gasteiger partial charge >= 0.3 is 5.97 Å². The fourth-order valence-corrected chi connectivity index (χ4v) is 7.49. The Morgan fingerprint density at radius 2 is 2.03 bits per heavy atom. The van der Waals surface area contributed by atoms with Crippen LogP contribution in [0.2, 0.25) is 0 Å². The molecule has 4 aliphatic rings. The van der Waals surface area contributed by atoms with Gasteiger partial charge in [-0.3, -0.25) is 9.59 Å². The van der Waals surface area contributed by atoms with E-state index < -0.39 is 18.0 Å². The van der Waals surface area contributed by atoms with Gasteiger partial charge in [-0.15, -0.1) is 11.8 Å². The maximum absolute atomic E-state index is 13.2. The number of amides is 2. The summed E-state index contributed by atoms with van der Waals surface area (Å²) in [6.45, 7) is 6.23. The Morgan fingerprint density at radius 3 is 2.65 bits per heavy atom. The molecule has 10 nitrogen and oxygen atoms in total. The smallest absolute Gasteiger partial charge is 0.353 e. The SMILES string of the molecule is C[C@@H](O)[C@H]1C(=O)N2C(C(=O)O)=C(S[C@@H]3CN[C@H](C(=O)N4CC[C@H]([N+](C)(C)CCO)C4)C3)[C@H](C)[C@H]12. The molecule has 7 atom stereocenters. The van der Waals surface area contributed by atoms with Crippen LogP contribution in [-0.4, -0.2) is 124 Å². The van der Waals surface area contributed by atoms with E-state index in [0.29, 0.717) is 48.0 Å². The van der Waals surface area contributed by atoms with E-state index in [0.717, 1.165) is 6.42 Å². The average Bonchev–Trinajstić information content (AvgIpc) is 3.46. The molecule has 0 aliphatic carbocycles. The summed E-state index contributed by atoms with van der Waals surface area (Å²) >= 11 is 1.46. The van der Waals surface area contributed by atoms with Gasteiger partial charge in [0.05, 0.1) is 51.4 Å². The Labute approximate surface area is 204 Å². The molecule has 0 aromatic heterocycles. The number of carbonyl (C=O) groups is 3. The summed E-state index contributed by atoms with van der Waals surface area (Å²) in [5, 5.41) is 32.5. The van der Waals surface area contributed by atoms with Crippen LogP contribution in [0, 0.1) is 11.8 Å². The van der Waals surface area contributed by atoms with E-state index in [2.05, 4.69) is 19.4 Å². The number of likely N-dealkylation sites (tertiary alicyclic amines) is 1. The van der Waals surface area contributed by atoms with E-state index >= 15 is 0 Å². The predicted octanol–water partition coefficient (Wildman–Crippen LogP) is -0.727. The lowest BCUT2D eigenvalue weighted by Crippen LogP contribution is -2.63. The van der Waals surface area contributed by atoms with Crippen molar-refractivity contribution in [1.82, 2.24) is 15.1 Å². The number of aliphatic hydroxyl groups is 2. The number of hydrogen-bond acceptors (Lipinski definition) is 7. The van der Waals surface area contributed by atoms with Gasteiger partial charge in [-0.05, 0) is 13.3 Å². The number of fused-ring (bicyclic) bond motifs is 1. The molecule has 0 saturated carbocycles. The van der Waals surface area contributed by atoms with Gasteiger partial charge in [0, 0.05) is 35.6 Å². The zero-order valence-corrected chi connectivity index (χ0v) is 21.1. The topological polar surface area (TPSA) is 130 Å². The average molecular weight is 498 g/mol. The van der Waals surface area contributed by atoms with Crippen molar-refractivity contribution >= 4 is 29.5 Å². The largest absolute Gasteiger partial charge is 0.477 e. The first kappa shape index (κ1) is 25.4. The maximum atomic E-state index is 13.2. The van der Waals surface area contributed by atoms with Crippen LogP contribution >= 0.6 is 11.8 Å². The second-order valence-corrected chi connectivity index (χ2v) is 12.0. The lowest BCUT2D eigenvalue weighted by atomic mass is 9.79. The van der Waals surface area contributed by atoms with Crippen molar-refractivity contribution in [2.45, 2.75) is 56.2 Å². The van der Waals surface area contributed by atoms with Gasteiger partial charge in [0.1, 0.15) is 18.3 Å². The van der Waals surface area contributed by atoms with E-state index in [9.17, 15) is 29.7 Å². The standard InChI is InChI=1S/C23H36N4O6S/c1-12-18-17(13(2)29)22(31)26(18)19(23(32)33)20(12)34-15-9-16(24-10-15)21(30)25-6-5-14(11-25)27(3,4)7-8-28/h12-18,24,28-29H,5-11H2,1-4H3/p+1/t12-,13-,14+,15+,16+,17-,18-/m1/s1. The summed E-state index contributed by atoms with van der Waals surface area (Å²) in [5.41, 5.74) is 0.0328. The molecule has 0 spiro atoms. The molecule has 4 heterocycles. The van der Waals surface area contributed by atoms with E-state index in [1.165, 1.54) is 16.7 Å². The number of hydrogen-bond donors (Lipinski definition) is 4. The molecule has 0 aromatic rings. The molecule has 0 unspecified atom stereocenters. The first-order valence-corrected chi connectivity index (χ1v) is 13.0. The number of aliphatic carboxylic acids is 1. The minimum Gasteiger partial charge on any atom is -0.477 e. The first-order valence-electron chi connectivity index (χ1n) is 12.1. The summed E-state index contributed by atoms with van der Waals surface area (Å²) in [5.74, 6) is -2.12. The monoisotopic (exact) mass is 497 g/mol. The normalized spacial score (nSPS) is 34.5. The predicted molar refractivity (Wildman–Crippen MR) is 126 cm³/mol.